The maximum absolute atomic E-state index is 12.2. The Morgan fingerprint density at radius 2 is 1.39 bits per heavy atom. The van der Waals surface area contributed by atoms with Crippen molar-refractivity contribution in [3.63, 3.8) is 0 Å². The Kier molecular flexibility index (Phi) is 4.61. The van der Waals surface area contributed by atoms with Gasteiger partial charge in [0.25, 0.3) is 0 Å². The molecule has 0 spiro atoms. The van der Waals surface area contributed by atoms with Crippen molar-refractivity contribution in [2.75, 3.05) is 6.54 Å². The number of benzene rings is 1. The smallest absolute Gasteiger partial charge is 0.312 e. The van der Waals surface area contributed by atoms with Crippen LogP contribution in [-0.2, 0) is 6.54 Å². The molecular weight excluding hydrogens is 260 g/mol. The Hall–Kier alpha value is -1.24. The number of rotatable bonds is 4. The van der Waals surface area contributed by atoms with Gasteiger partial charge in [-0.05, 0) is 5.56 Å². The molecule has 0 bridgehead atoms. The van der Waals surface area contributed by atoms with Crippen LogP contribution in [0.3, 0.4) is 0 Å². The van der Waals surface area contributed by atoms with Gasteiger partial charge in [0.15, 0.2) is 5.92 Å². The Balaban J connectivity index is 2.54. The van der Waals surface area contributed by atoms with E-state index < -0.39 is 24.8 Å². The van der Waals surface area contributed by atoms with Gasteiger partial charge in [-0.3, -0.25) is 0 Å². The molecule has 0 aliphatic rings. The molecule has 0 heterocycles. The molecule has 102 valence electrons. The molecule has 0 saturated carbocycles. The van der Waals surface area contributed by atoms with Crippen LogP contribution in [0.1, 0.15) is 5.56 Å². The number of hydrogen-bond acceptors (Lipinski definition) is 1. The maximum Gasteiger partial charge on any atom is 0.401 e. The largest absolute Gasteiger partial charge is 0.401 e. The molecule has 1 rings (SSSR count). The molecule has 18 heavy (non-hydrogen) atoms. The summed E-state index contributed by atoms with van der Waals surface area (Å²) in [6, 6.07) is 8.24. The summed E-state index contributed by atoms with van der Waals surface area (Å²) in [5.74, 6) is -3.34. The lowest BCUT2D eigenvalue weighted by atomic mass is 10.1. The lowest BCUT2D eigenvalue weighted by Gasteiger charge is -2.23. The Morgan fingerprint density at radius 1 is 0.889 bits per heavy atom. The van der Waals surface area contributed by atoms with Gasteiger partial charge in [0, 0.05) is 13.1 Å². The monoisotopic (exact) mass is 271 g/mol. The van der Waals surface area contributed by atoms with Gasteiger partial charge in [-0.15, -0.1) is 0 Å². The highest BCUT2D eigenvalue weighted by Crippen LogP contribution is 2.38. The van der Waals surface area contributed by atoms with Gasteiger partial charge in [0.05, 0.1) is 0 Å². The molecule has 0 atom stereocenters. The fraction of sp³-hybridized carbons (Fsp3) is 0.455. The van der Waals surface area contributed by atoms with Crippen LogP contribution in [-0.4, -0.2) is 18.9 Å². The van der Waals surface area contributed by atoms with Gasteiger partial charge in [-0.2, -0.15) is 26.3 Å². The van der Waals surface area contributed by atoms with Gasteiger partial charge in [0.2, 0.25) is 0 Å². The van der Waals surface area contributed by atoms with Crippen LogP contribution in [0.25, 0.3) is 0 Å². The summed E-state index contributed by atoms with van der Waals surface area (Å²) in [5, 5.41) is 2.17. The summed E-state index contributed by atoms with van der Waals surface area (Å²) < 4.78 is 73.1. The van der Waals surface area contributed by atoms with E-state index in [2.05, 4.69) is 5.32 Å². The first-order valence-corrected chi connectivity index (χ1v) is 5.09. The molecule has 0 amide bonds. The van der Waals surface area contributed by atoms with Crippen LogP contribution in [0.2, 0.25) is 0 Å². The second-order valence-electron chi connectivity index (χ2n) is 3.75. The molecular formula is C11H11F6N. The minimum absolute atomic E-state index is 0.0382. The Morgan fingerprint density at radius 3 is 1.83 bits per heavy atom. The second-order valence-corrected chi connectivity index (χ2v) is 3.75. The van der Waals surface area contributed by atoms with Crippen molar-refractivity contribution < 1.29 is 26.3 Å². The summed E-state index contributed by atoms with van der Waals surface area (Å²) in [6.07, 6.45) is -10.6. The third kappa shape index (κ3) is 4.56. The first-order valence-electron chi connectivity index (χ1n) is 5.09. The van der Waals surface area contributed by atoms with Gasteiger partial charge < -0.3 is 5.32 Å². The average Bonchev–Trinajstić information content (AvgIpc) is 2.22. The molecule has 0 aliphatic carbocycles. The highest BCUT2D eigenvalue weighted by Gasteiger charge is 2.56. The Bertz CT molecular complexity index is 342. The number of halogens is 6. The van der Waals surface area contributed by atoms with Crippen LogP contribution in [0.4, 0.5) is 26.3 Å². The van der Waals surface area contributed by atoms with Crippen LogP contribution in [0, 0.1) is 5.92 Å². The van der Waals surface area contributed by atoms with Crippen molar-refractivity contribution in [2.45, 2.75) is 18.9 Å². The highest BCUT2D eigenvalue weighted by atomic mass is 19.4. The summed E-state index contributed by atoms with van der Waals surface area (Å²) in [5.41, 5.74) is 0.626. The molecule has 7 heteroatoms. The number of hydrogen-bond donors (Lipinski definition) is 1. The van der Waals surface area contributed by atoms with E-state index in [1.54, 1.807) is 30.3 Å². The second kappa shape index (κ2) is 5.60. The third-order valence-corrected chi connectivity index (χ3v) is 2.31. The van der Waals surface area contributed by atoms with Crippen molar-refractivity contribution in [1.82, 2.24) is 5.32 Å². The van der Waals surface area contributed by atoms with E-state index in [1.165, 1.54) is 0 Å². The van der Waals surface area contributed by atoms with Crippen molar-refractivity contribution >= 4 is 0 Å². The maximum atomic E-state index is 12.2. The summed E-state index contributed by atoms with van der Waals surface area (Å²) in [7, 11) is 0. The van der Waals surface area contributed by atoms with Crippen LogP contribution in [0.5, 0.6) is 0 Å². The van der Waals surface area contributed by atoms with Gasteiger partial charge in [-0.25, -0.2) is 0 Å². The van der Waals surface area contributed by atoms with Crippen molar-refractivity contribution in [3.05, 3.63) is 35.9 Å². The number of alkyl halides is 6. The Labute approximate surface area is 99.8 Å². The van der Waals surface area contributed by atoms with E-state index in [4.69, 9.17) is 0 Å². The zero-order chi connectivity index (χ0) is 13.8. The van der Waals surface area contributed by atoms with E-state index in [1.807, 2.05) is 0 Å². The molecule has 0 aromatic heterocycles. The molecule has 0 aliphatic heterocycles. The van der Waals surface area contributed by atoms with Gasteiger partial charge in [-0.1, -0.05) is 30.3 Å². The van der Waals surface area contributed by atoms with Crippen molar-refractivity contribution in [2.24, 2.45) is 5.92 Å². The zero-order valence-corrected chi connectivity index (χ0v) is 9.15. The normalized spacial score (nSPS) is 13.1. The van der Waals surface area contributed by atoms with E-state index in [0.717, 1.165) is 0 Å². The molecule has 1 nitrogen and oxygen atoms in total. The first kappa shape index (κ1) is 14.8. The van der Waals surface area contributed by atoms with E-state index in [-0.39, 0.29) is 6.54 Å². The van der Waals surface area contributed by atoms with Gasteiger partial charge >= 0.3 is 12.4 Å². The summed E-state index contributed by atoms with van der Waals surface area (Å²) >= 11 is 0. The molecule has 1 aromatic rings. The fourth-order valence-electron chi connectivity index (χ4n) is 1.37. The van der Waals surface area contributed by atoms with Crippen LogP contribution in [0.15, 0.2) is 30.3 Å². The summed E-state index contributed by atoms with van der Waals surface area (Å²) in [6.45, 7) is -1.22. The fourth-order valence-corrected chi connectivity index (χ4v) is 1.37. The van der Waals surface area contributed by atoms with E-state index in [0.29, 0.717) is 5.56 Å². The molecule has 0 unspecified atom stereocenters. The molecule has 0 radical (unpaired) electrons. The van der Waals surface area contributed by atoms with E-state index >= 15 is 0 Å². The highest BCUT2D eigenvalue weighted by molar-refractivity contribution is 5.14. The third-order valence-electron chi connectivity index (χ3n) is 2.31. The minimum Gasteiger partial charge on any atom is -0.312 e. The van der Waals surface area contributed by atoms with Crippen molar-refractivity contribution in [3.8, 4) is 0 Å². The quantitative estimate of drug-likeness (QED) is 0.826. The zero-order valence-electron chi connectivity index (χ0n) is 9.15. The van der Waals surface area contributed by atoms with Crippen molar-refractivity contribution in [1.29, 1.82) is 0 Å². The minimum atomic E-state index is -5.29. The predicted octanol–water partition coefficient (Wildman–Crippen LogP) is 3.52. The lowest BCUT2D eigenvalue weighted by molar-refractivity contribution is -0.282. The SMILES string of the molecule is FC(F)(F)C(CNCc1ccccc1)C(F)(F)F. The number of nitrogens with one attached hydrogen (secondary N) is 1. The lowest BCUT2D eigenvalue weighted by Crippen LogP contribution is -2.43. The molecule has 1 N–H and O–H groups in total. The average molecular weight is 271 g/mol. The standard InChI is InChI=1S/C11H11F6N/c12-10(13,14)9(11(15,16)17)7-18-6-8-4-2-1-3-5-8/h1-5,9,18H,6-7H2. The predicted molar refractivity (Wildman–Crippen MR) is 53.7 cm³/mol. The molecule has 0 fully saturated rings. The summed E-state index contributed by atoms with van der Waals surface area (Å²) in [4.78, 5) is 0. The van der Waals surface area contributed by atoms with Gasteiger partial charge in [0.1, 0.15) is 0 Å². The van der Waals surface area contributed by atoms with Crippen LogP contribution < -0.4 is 5.32 Å². The molecule has 0 saturated heterocycles. The first-order chi connectivity index (χ1) is 8.21. The van der Waals surface area contributed by atoms with E-state index in [9.17, 15) is 26.3 Å². The molecule has 1 aromatic carbocycles. The van der Waals surface area contributed by atoms with Crippen LogP contribution >= 0.6 is 0 Å². The topological polar surface area (TPSA) is 12.0 Å².